The monoisotopic (exact) mass is 303 g/mol. The normalized spacial score (nSPS) is 12.8. The van der Waals surface area contributed by atoms with Crippen LogP contribution in [0.4, 0.5) is 0 Å². The molecule has 0 bridgehead atoms. The third-order valence-electron chi connectivity index (χ3n) is 3.32. The molecule has 20 heavy (non-hydrogen) atoms. The Morgan fingerprint density at radius 1 is 1.45 bits per heavy atom. The van der Waals surface area contributed by atoms with Crippen LogP contribution >= 0.6 is 0 Å². The molecule has 0 saturated carbocycles. The zero-order valence-corrected chi connectivity index (χ0v) is 13.5. The highest BCUT2D eigenvalue weighted by Gasteiger charge is 2.24. The van der Waals surface area contributed by atoms with Crippen molar-refractivity contribution < 1.29 is 13.5 Å². The van der Waals surface area contributed by atoms with Crippen LogP contribution in [0.2, 0.25) is 0 Å². The molecular weight excluding hydrogens is 278 g/mol. The van der Waals surface area contributed by atoms with Gasteiger partial charge in [-0.1, -0.05) is 13.8 Å². The summed E-state index contributed by atoms with van der Waals surface area (Å²) in [6.07, 6.45) is 2.98. The zero-order chi connectivity index (χ0) is 15.4. The molecule has 1 aromatic heterocycles. The van der Waals surface area contributed by atoms with Gasteiger partial charge in [0.25, 0.3) is 10.0 Å². The molecule has 1 rings (SSSR count). The van der Waals surface area contributed by atoms with Crippen molar-refractivity contribution in [3.8, 4) is 0 Å². The van der Waals surface area contributed by atoms with Gasteiger partial charge in [0.05, 0.1) is 0 Å². The van der Waals surface area contributed by atoms with Crippen molar-refractivity contribution in [1.29, 1.82) is 0 Å². The minimum atomic E-state index is -3.57. The molecule has 0 aliphatic rings. The van der Waals surface area contributed by atoms with E-state index in [1.807, 2.05) is 20.8 Å². The Morgan fingerprint density at radius 3 is 2.60 bits per heavy atom. The number of hydrogen-bond acceptors (Lipinski definition) is 4. The molecule has 0 aliphatic heterocycles. The lowest BCUT2D eigenvalue weighted by atomic mass is 9.88. The van der Waals surface area contributed by atoms with Crippen molar-refractivity contribution in [3.05, 3.63) is 12.0 Å². The molecule has 0 spiro atoms. The summed E-state index contributed by atoms with van der Waals surface area (Å²) < 4.78 is 28.8. The summed E-state index contributed by atoms with van der Waals surface area (Å²) in [6, 6.07) is 0. The van der Waals surface area contributed by atoms with E-state index in [-0.39, 0.29) is 17.0 Å². The van der Waals surface area contributed by atoms with Gasteiger partial charge < -0.3 is 9.67 Å². The van der Waals surface area contributed by atoms with Gasteiger partial charge in [0.2, 0.25) is 0 Å². The van der Waals surface area contributed by atoms with Crippen LogP contribution in [0.25, 0.3) is 0 Å². The topological polar surface area (TPSA) is 84.2 Å². The fourth-order valence-electron chi connectivity index (χ4n) is 1.94. The van der Waals surface area contributed by atoms with Gasteiger partial charge >= 0.3 is 0 Å². The first-order valence-electron chi connectivity index (χ1n) is 6.86. The summed E-state index contributed by atoms with van der Waals surface area (Å²) in [5.74, 6) is 0.687. The largest absolute Gasteiger partial charge is 0.396 e. The molecule has 0 radical (unpaired) electrons. The van der Waals surface area contributed by atoms with Crippen LogP contribution < -0.4 is 4.72 Å². The molecule has 0 aromatic carbocycles. The van der Waals surface area contributed by atoms with Crippen LogP contribution in [0.5, 0.6) is 0 Å². The van der Waals surface area contributed by atoms with Crippen LogP contribution in [0.15, 0.2) is 11.2 Å². The second-order valence-corrected chi connectivity index (χ2v) is 7.44. The lowest BCUT2D eigenvalue weighted by molar-refractivity contribution is 0.242. The third-order valence-corrected chi connectivity index (χ3v) is 4.59. The van der Waals surface area contributed by atoms with Crippen molar-refractivity contribution in [2.75, 3.05) is 13.2 Å². The summed E-state index contributed by atoms with van der Waals surface area (Å²) in [5, 5.41) is 8.91. The second-order valence-electron chi connectivity index (χ2n) is 5.73. The quantitative estimate of drug-likeness (QED) is 0.758. The number of hydrogen-bond donors (Lipinski definition) is 2. The summed E-state index contributed by atoms with van der Waals surface area (Å²) >= 11 is 0. The highest BCUT2D eigenvalue weighted by atomic mass is 32.2. The van der Waals surface area contributed by atoms with Gasteiger partial charge in [-0.25, -0.2) is 18.1 Å². The Hall–Kier alpha value is -0.920. The Kier molecular flexibility index (Phi) is 5.73. The number of aliphatic hydroxyl groups excluding tert-OH is 1. The molecule has 2 N–H and O–H groups in total. The summed E-state index contributed by atoms with van der Waals surface area (Å²) in [6.45, 7) is 8.81. The molecule has 0 saturated heterocycles. The van der Waals surface area contributed by atoms with Gasteiger partial charge in [-0.3, -0.25) is 0 Å². The molecule has 0 atom stereocenters. The molecule has 6 nitrogen and oxygen atoms in total. The SMILES string of the molecule is CCn1cc(S(=O)(=O)NCC(C)(C)CCCO)nc1C. The van der Waals surface area contributed by atoms with E-state index in [1.165, 1.54) is 0 Å². The van der Waals surface area contributed by atoms with Gasteiger partial charge in [0.1, 0.15) is 5.82 Å². The fourth-order valence-corrected chi connectivity index (χ4v) is 3.19. The number of rotatable bonds is 8. The number of aryl methyl sites for hydroxylation is 2. The molecule has 116 valence electrons. The van der Waals surface area contributed by atoms with Crippen molar-refractivity contribution in [2.24, 2.45) is 5.41 Å². The van der Waals surface area contributed by atoms with Crippen molar-refractivity contribution in [2.45, 2.75) is 52.1 Å². The van der Waals surface area contributed by atoms with Crippen molar-refractivity contribution in [3.63, 3.8) is 0 Å². The van der Waals surface area contributed by atoms with Gasteiger partial charge in [-0.2, -0.15) is 0 Å². The minimum absolute atomic E-state index is 0.0646. The highest BCUT2D eigenvalue weighted by molar-refractivity contribution is 7.89. The van der Waals surface area contributed by atoms with Crippen LogP contribution in [0.1, 0.15) is 39.4 Å². The molecular formula is C13H25N3O3S. The molecule has 7 heteroatoms. The number of aliphatic hydroxyl groups is 1. The summed E-state index contributed by atoms with van der Waals surface area (Å²) in [5.41, 5.74) is -0.196. The fraction of sp³-hybridized carbons (Fsp3) is 0.769. The maximum atomic E-state index is 12.2. The number of aromatic nitrogens is 2. The lowest BCUT2D eigenvalue weighted by Gasteiger charge is -2.24. The highest BCUT2D eigenvalue weighted by Crippen LogP contribution is 2.21. The number of nitrogens with one attached hydrogen (secondary N) is 1. The predicted octanol–water partition coefficient (Wildman–Crippen LogP) is 1.29. The maximum absolute atomic E-state index is 12.2. The van der Waals surface area contributed by atoms with Gasteiger partial charge in [-0.05, 0) is 32.1 Å². The van der Waals surface area contributed by atoms with E-state index in [1.54, 1.807) is 17.7 Å². The van der Waals surface area contributed by atoms with E-state index >= 15 is 0 Å². The lowest BCUT2D eigenvalue weighted by Crippen LogP contribution is -2.34. The first kappa shape index (κ1) is 17.1. The number of imidazole rings is 1. The van der Waals surface area contributed by atoms with Crippen LogP contribution in [0, 0.1) is 12.3 Å². The number of nitrogens with zero attached hydrogens (tertiary/aromatic N) is 2. The average Bonchev–Trinajstić information content (AvgIpc) is 2.76. The molecule has 0 unspecified atom stereocenters. The summed E-state index contributed by atoms with van der Waals surface area (Å²) in [7, 11) is -3.57. The Morgan fingerprint density at radius 2 is 2.10 bits per heavy atom. The molecule has 0 fully saturated rings. The van der Waals surface area contributed by atoms with E-state index < -0.39 is 10.0 Å². The van der Waals surface area contributed by atoms with Crippen molar-refractivity contribution in [1.82, 2.24) is 14.3 Å². The van der Waals surface area contributed by atoms with E-state index in [0.29, 0.717) is 25.3 Å². The molecule has 1 heterocycles. The van der Waals surface area contributed by atoms with Crippen LogP contribution in [-0.2, 0) is 16.6 Å². The van der Waals surface area contributed by atoms with E-state index in [4.69, 9.17) is 5.11 Å². The van der Waals surface area contributed by atoms with Gasteiger partial charge in [0, 0.05) is 25.9 Å². The zero-order valence-electron chi connectivity index (χ0n) is 12.7. The van der Waals surface area contributed by atoms with E-state index in [2.05, 4.69) is 9.71 Å². The molecule has 0 aliphatic carbocycles. The Balaban J connectivity index is 2.74. The Labute approximate surface area is 121 Å². The molecule has 0 amide bonds. The smallest absolute Gasteiger partial charge is 0.259 e. The first-order valence-corrected chi connectivity index (χ1v) is 8.34. The van der Waals surface area contributed by atoms with E-state index in [0.717, 1.165) is 6.42 Å². The first-order chi connectivity index (χ1) is 9.22. The number of sulfonamides is 1. The van der Waals surface area contributed by atoms with Gasteiger partial charge in [-0.15, -0.1) is 0 Å². The van der Waals surface area contributed by atoms with E-state index in [9.17, 15) is 8.42 Å². The van der Waals surface area contributed by atoms with Crippen LogP contribution in [-0.4, -0.2) is 36.2 Å². The third kappa shape index (κ3) is 4.57. The van der Waals surface area contributed by atoms with Gasteiger partial charge in [0.15, 0.2) is 5.03 Å². The Bertz CT molecular complexity index is 535. The predicted molar refractivity (Wildman–Crippen MR) is 77.9 cm³/mol. The summed E-state index contributed by atoms with van der Waals surface area (Å²) in [4.78, 5) is 4.09. The standard InChI is InChI=1S/C13H25N3O3S/c1-5-16-9-12(15-11(16)2)20(18,19)14-10-13(3,4)7-6-8-17/h9,14,17H,5-8,10H2,1-4H3. The van der Waals surface area contributed by atoms with Crippen molar-refractivity contribution >= 4 is 10.0 Å². The molecule has 1 aromatic rings. The average molecular weight is 303 g/mol. The van der Waals surface area contributed by atoms with Crippen LogP contribution in [0.3, 0.4) is 0 Å². The maximum Gasteiger partial charge on any atom is 0.259 e. The second kappa shape index (κ2) is 6.69. The minimum Gasteiger partial charge on any atom is -0.396 e.